The lowest BCUT2D eigenvalue weighted by Gasteiger charge is -2.05. The summed E-state index contributed by atoms with van der Waals surface area (Å²) in [6.45, 7) is 3.74. The van der Waals surface area contributed by atoms with E-state index in [2.05, 4.69) is 33.3 Å². The summed E-state index contributed by atoms with van der Waals surface area (Å²) in [6.07, 6.45) is 4.25. The number of aryl methyl sites for hydroxylation is 1. The Morgan fingerprint density at radius 3 is 3.00 bits per heavy atom. The Bertz CT molecular complexity index is 467. The van der Waals surface area contributed by atoms with Crippen LogP contribution in [0.5, 0.6) is 0 Å². The molecule has 0 aliphatic carbocycles. The zero-order valence-electron chi connectivity index (χ0n) is 10.9. The first-order chi connectivity index (χ1) is 8.92. The second-order valence-corrected chi connectivity index (χ2v) is 4.38. The topological polar surface area (TPSA) is 39.1 Å². The molecule has 2 aromatic rings. The number of ether oxygens (including phenoxy) is 1. The van der Waals surface area contributed by atoms with Gasteiger partial charge in [-0.2, -0.15) is 5.10 Å². The van der Waals surface area contributed by atoms with Crippen LogP contribution in [0.4, 0.5) is 0 Å². The van der Waals surface area contributed by atoms with Crippen LogP contribution in [-0.4, -0.2) is 36.6 Å². The molecule has 1 heterocycles. The van der Waals surface area contributed by atoms with Crippen molar-refractivity contribution >= 4 is 10.9 Å². The molecule has 1 N–H and O–H groups in total. The van der Waals surface area contributed by atoms with Gasteiger partial charge in [0.05, 0.1) is 18.3 Å². The number of nitrogens with one attached hydrogen (secondary N) is 1. The van der Waals surface area contributed by atoms with Gasteiger partial charge in [0.2, 0.25) is 0 Å². The molecule has 1 aromatic carbocycles. The van der Waals surface area contributed by atoms with Crippen molar-refractivity contribution in [2.45, 2.75) is 19.4 Å². The third-order valence-corrected chi connectivity index (χ3v) is 3.01. The second kappa shape index (κ2) is 7.13. The van der Waals surface area contributed by atoms with Crippen molar-refractivity contribution in [1.29, 1.82) is 0 Å². The van der Waals surface area contributed by atoms with Crippen molar-refractivity contribution in [1.82, 2.24) is 15.1 Å². The molecular formula is C14H21N3O. The summed E-state index contributed by atoms with van der Waals surface area (Å²) in [6, 6.07) is 8.34. The Labute approximate surface area is 108 Å². The van der Waals surface area contributed by atoms with Crippen LogP contribution in [-0.2, 0) is 11.3 Å². The Kier molecular flexibility index (Phi) is 5.17. The molecular weight excluding hydrogens is 226 g/mol. The van der Waals surface area contributed by atoms with E-state index >= 15 is 0 Å². The monoisotopic (exact) mass is 247 g/mol. The summed E-state index contributed by atoms with van der Waals surface area (Å²) in [5.74, 6) is 0. The SMILES string of the molecule is COCCNCCCCn1ncc2ccccc21. The van der Waals surface area contributed by atoms with E-state index in [1.54, 1.807) is 7.11 Å². The maximum absolute atomic E-state index is 4.98. The molecule has 0 bridgehead atoms. The van der Waals surface area contributed by atoms with Gasteiger partial charge in [-0.1, -0.05) is 18.2 Å². The van der Waals surface area contributed by atoms with E-state index in [1.807, 2.05) is 12.3 Å². The average Bonchev–Trinajstić information content (AvgIpc) is 2.81. The van der Waals surface area contributed by atoms with E-state index in [1.165, 1.54) is 10.9 Å². The Morgan fingerprint density at radius 2 is 2.11 bits per heavy atom. The number of rotatable bonds is 8. The lowest BCUT2D eigenvalue weighted by molar-refractivity contribution is 0.199. The van der Waals surface area contributed by atoms with E-state index in [9.17, 15) is 0 Å². The minimum Gasteiger partial charge on any atom is -0.383 e. The zero-order chi connectivity index (χ0) is 12.6. The first-order valence-electron chi connectivity index (χ1n) is 6.52. The molecule has 4 heteroatoms. The average molecular weight is 247 g/mol. The molecule has 2 rings (SSSR count). The van der Waals surface area contributed by atoms with Gasteiger partial charge in [0.25, 0.3) is 0 Å². The molecule has 0 radical (unpaired) electrons. The van der Waals surface area contributed by atoms with Crippen molar-refractivity contribution in [3.05, 3.63) is 30.5 Å². The van der Waals surface area contributed by atoms with Gasteiger partial charge in [0.15, 0.2) is 0 Å². The molecule has 0 fully saturated rings. The summed E-state index contributed by atoms with van der Waals surface area (Å²) in [7, 11) is 1.73. The van der Waals surface area contributed by atoms with Crippen LogP contribution in [0.3, 0.4) is 0 Å². The third kappa shape index (κ3) is 3.55. The first-order valence-corrected chi connectivity index (χ1v) is 6.52. The minimum atomic E-state index is 0.782. The number of methoxy groups -OCH3 is 1. The van der Waals surface area contributed by atoms with Crippen LogP contribution < -0.4 is 5.32 Å². The molecule has 0 aliphatic heterocycles. The molecule has 0 aliphatic rings. The van der Waals surface area contributed by atoms with Crippen LogP contribution in [0.1, 0.15) is 12.8 Å². The van der Waals surface area contributed by atoms with Gasteiger partial charge in [-0.15, -0.1) is 0 Å². The van der Waals surface area contributed by atoms with E-state index in [0.29, 0.717) is 0 Å². The maximum Gasteiger partial charge on any atom is 0.0682 e. The highest BCUT2D eigenvalue weighted by Crippen LogP contribution is 2.12. The maximum atomic E-state index is 4.98. The Morgan fingerprint density at radius 1 is 1.22 bits per heavy atom. The molecule has 4 nitrogen and oxygen atoms in total. The van der Waals surface area contributed by atoms with Crippen molar-refractivity contribution in [3.63, 3.8) is 0 Å². The highest BCUT2D eigenvalue weighted by molar-refractivity contribution is 5.78. The molecule has 0 saturated carbocycles. The van der Waals surface area contributed by atoms with Gasteiger partial charge in [-0.3, -0.25) is 4.68 Å². The van der Waals surface area contributed by atoms with E-state index < -0.39 is 0 Å². The highest BCUT2D eigenvalue weighted by Gasteiger charge is 2.00. The van der Waals surface area contributed by atoms with Crippen molar-refractivity contribution in [3.8, 4) is 0 Å². The highest BCUT2D eigenvalue weighted by atomic mass is 16.5. The fraction of sp³-hybridized carbons (Fsp3) is 0.500. The molecule has 0 spiro atoms. The van der Waals surface area contributed by atoms with Gasteiger partial charge in [-0.25, -0.2) is 0 Å². The third-order valence-electron chi connectivity index (χ3n) is 3.01. The lowest BCUT2D eigenvalue weighted by atomic mass is 10.2. The quantitative estimate of drug-likeness (QED) is 0.726. The van der Waals surface area contributed by atoms with Gasteiger partial charge >= 0.3 is 0 Å². The predicted octanol–water partition coefficient (Wildman–Crippen LogP) is 2.05. The number of aromatic nitrogens is 2. The van der Waals surface area contributed by atoms with Crippen LogP contribution in [0.25, 0.3) is 10.9 Å². The fourth-order valence-electron chi connectivity index (χ4n) is 2.01. The summed E-state index contributed by atoms with van der Waals surface area (Å²) in [5.41, 5.74) is 1.23. The van der Waals surface area contributed by atoms with Crippen LogP contribution in [0.15, 0.2) is 30.5 Å². The van der Waals surface area contributed by atoms with Crippen molar-refractivity contribution in [2.75, 3.05) is 26.8 Å². The van der Waals surface area contributed by atoms with Crippen molar-refractivity contribution in [2.24, 2.45) is 0 Å². The number of fused-ring (bicyclic) bond motifs is 1. The smallest absolute Gasteiger partial charge is 0.0682 e. The largest absolute Gasteiger partial charge is 0.383 e. The van der Waals surface area contributed by atoms with Gasteiger partial charge < -0.3 is 10.1 Å². The normalized spacial score (nSPS) is 11.2. The minimum absolute atomic E-state index is 0.782. The first kappa shape index (κ1) is 13.1. The lowest BCUT2D eigenvalue weighted by Crippen LogP contribution is -2.20. The number of hydrogen-bond acceptors (Lipinski definition) is 3. The molecule has 0 amide bonds. The fourth-order valence-corrected chi connectivity index (χ4v) is 2.01. The zero-order valence-corrected chi connectivity index (χ0v) is 10.9. The van der Waals surface area contributed by atoms with Gasteiger partial charge in [0, 0.05) is 25.6 Å². The second-order valence-electron chi connectivity index (χ2n) is 4.38. The number of unbranched alkanes of at least 4 members (excludes halogenated alkanes) is 1. The van der Waals surface area contributed by atoms with Crippen molar-refractivity contribution < 1.29 is 4.74 Å². The summed E-state index contributed by atoms with van der Waals surface area (Å²) < 4.78 is 7.07. The number of benzene rings is 1. The Balaban J connectivity index is 1.70. The molecule has 1 aromatic heterocycles. The van der Waals surface area contributed by atoms with Crippen LogP contribution in [0, 0.1) is 0 Å². The number of para-hydroxylation sites is 1. The molecule has 18 heavy (non-hydrogen) atoms. The van der Waals surface area contributed by atoms with Crippen LogP contribution in [0.2, 0.25) is 0 Å². The molecule has 0 atom stereocenters. The summed E-state index contributed by atoms with van der Waals surface area (Å²) in [4.78, 5) is 0. The van der Waals surface area contributed by atoms with E-state index in [4.69, 9.17) is 4.74 Å². The number of nitrogens with zero attached hydrogens (tertiary/aromatic N) is 2. The van der Waals surface area contributed by atoms with E-state index in [-0.39, 0.29) is 0 Å². The summed E-state index contributed by atoms with van der Waals surface area (Å²) in [5, 5.41) is 8.99. The van der Waals surface area contributed by atoms with Crippen LogP contribution >= 0.6 is 0 Å². The molecule has 0 unspecified atom stereocenters. The molecule has 98 valence electrons. The molecule has 0 saturated heterocycles. The predicted molar refractivity (Wildman–Crippen MR) is 73.7 cm³/mol. The van der Waals surface area contributed by atoms with Gasteiger partial charge in [0.1, 0.15) is 0 Å². The standard InChI is InChI=1S/C14H21N3O/c1-18-11-9-15-8-4-5-10-17-14-7-3-2-6-13(14)12-16-17/h2-3,6-7,12,15H,4-5,8-11H2,1H3. The van der Waals surface area contributed by atoms with E-state index in [0.717, 1.165) is 39.1 Å². The Hall–Kier alpha value is -1.39. The van der Waals surface area contributed by atoms with Gasteiger partial charge in [-0.05, 0) is 25.5 Å². The number of hydrogen-bond donors (Lipinski definition) is 1. The summed E-state index contributed by atoms with van der Waals surface area (Å²) >= 11 is 0.